The first-order valence-corrected chi connectivity index (χ1v) is 17.5. The summed E-state index contributed by atoms with van der Waals surface area (Å²) in [6.07, 6.45) is 1.15. The minimum atomic E-state index is -0.859. The molecule has 4 aromatic rings. The monoisotopic (exact) mass is 687 g/mol. The Balaban J connectivity index is 1.16. The molecule has 11 nitrogen and oxygen atoms in total. The van der Waals surface area contributed by atoms with Crippen molar-refractivity contribution in [3.05, 3.63) is 84.2 Å². The Morgan fingerprint density at radius 2 is 1.52 bits per heavy atom. The predicted molar refractivity (Wildman–Crippen MR) is 184 cm³/mol. The van der Waals surface area contributed by atoms with Crippen molar-refractivity contribution in [1.82, 2.24) is 19.8 Å². The minimum absolute atomic E-state index is 0.0646. The van der Waals surface area contributed by atoms with E-state index in [1.54, 1.807) is 6.92 Å². The van der Waals surface area contributed by atoms with Gasteiger partial charge in [0.15, 0.2) is 22.0 Å². The van der Waals surface area contributed by atoms with E-state index in [2.05, 4.69) is 15.3 Å². The van der Waals surface area contributed by atoms with Crippen molar-refractivity contribution in [3.63, 3.8) is 0 Å². The molecule has 0 aliphatic carbocycles. The van der Waals surface area contributed by atoms with E-state index < -0.39 is 12.0 Å². The number of fused-ring (bicyclic) bond motifs is 2. The molecule has 0 fully saturated rings. The number of amides is 1. The summed E-state index contributed by atoms with van der Waals surface area (Å²) in [7, 11) is 0. The van der Waals surface area contributed by atoms with Crippen LogP contribution >= 0.6 is 22.7 Å². The number of Topliss-reactive ketones (excluding diaryl/α,β-unsaturated/α-hetero) is 1. The fourth-order valence-corrected chi connectivity index (χ4v) is 8.36. The lowest BCUT2D eigenvalue weighted by atomic mass is 9.91. The first kappa shape index (κ1) is 33.6. The molecule has 13 heteroatoms. The molecular formula is C35H37N5O6S2. The Morgan fingerprint density at radius 3 is 2.21 bits per heavy atom. The maximum absolute atomic E-state index is 13.5. The van der Waals surface area contributed by atoms with Crippen molar-refractivity contribution in [1.29, 1.82) is 0 Å². The van der Waals surface area contributed by atoms with Crippen molar-refractivity contribution in [2.75, 3.05) is 18.4 Å². The van der Waals surface area contributed by atoms with Crippen LogP contribution in [0.1, 0.15) is 71.3 Å². The number of carboxylic acids is 1. The zero-order chi connectivity index (χ0) is 34.1. The summed E-state index contributed by atoms with van der Waals surface area (Å²) in [5, 5.41) is 13.3. The summed E-state index contributed by atoms with van der Waals surface area (Å²) < 4.78 is 5.09. The van der Waals surface area contributed by atoms with Crippen molar-refractivity contribution in [2.24, 2.45) is 0 Å². The van der Waals surface area contributed by atoms with Gasteiger partial charge in [-0.15, -0.1) is 22.7 Å². The van der Waals surface area contributed by atoms with Crippen molar-refractivity contribution in [3.8, 4) is 11.1 Å². The van der Waals surface area contributed by atoms with Gasteiger partial charge in [-0.05, 0) is 61.6 Å². The lowest BCUT2D eigenvalue weighted by molar-refractivity contribution is -0.143. The maximum atomic E-state index is 13.5. The molecule has 0 bridgehead atoms. The molecule has 250 valence electrons. The Hall–Kier alpha value is -4.30. The number of anilines is 1. The zero-order valence-corrected chi connectivity index (χ0v) is 28.9. The van der Waals surface area contributed by atoms with Crippen molar-refractivity contribution in [2.45, 2.75) is 72.3 Å². The summed E-state index contributed by atoms with van der Waals surface area (Å²) in [6.45, 7) is 10.3. The molecular weight excluding hydrogens is 651 g/mol. The van der Waals surface area contributed by atoms with E-state index >= 15 is 0 Å². The number of rotatable bonds is 11. The van der Waals surface area contributed by atoms with Crippen LogP contribution in [0.15, 0.2) is 36.4 Å². The summed E-state index contributed by atoms with van der Waals surface area (Å²) in [6, 6.07) is 11.1. The SMILES string of the molecule is Cc1c(CC(=O)c2nc3c(s2)CN(C(C)C(=O)O)CC3)cccc1-c1cccc(NC(=O)c2nc3c(s2)CN(C(C)OC=O)CC3)c1C. The van der Waals surface area contributed by atoms with Gasteiger partial charge in [0.1, 0.15) is 6.04 Å². The Labute approximate surface area is 286 Å². The predicted octanol–water partition coefficient (Wildman–Crippen LogP) is 5.27. The number of carboxylic acid groups (broad SMARTS) is 1. The number of carbonyl (C=O) groups is 4. The topological polar surface area (TPSA) is 142 Å². The summed E-state index contributed by atoms with van der Waals surface area (Å²) >= 11 is 2.72. The number of hydrogen-bond donors (Lipinski definition) is 2. The average Bonchev–Trinajstić information content (AvgIpc) is 3.70. The number of ketones is 1. The maximum Gasteiger partial charge on any atom is 0.320 e. The second kappa shape index (κ2) is 14.0. The Morgan fingerprint density at radius 1 is 0.917 bits per heavy atom. The van der Waals surface area contributed by atoms with E-state index in [1.807, 2.05) is 67.0 Å². The van der Waals surface area contributed by atoms with Gasteiger partial charge in [0.2, 0.25) is 0 Å². The standard InChI is InChI=1S/C35H37N5O6S2/c1-19-23(15-29(42)33-37-27-11-13-39(16-30(27)47-33)21(3)35(44)45)7-5-8-24(19)25-9-6-10-26(20(25)2)36-32(43)34-38-28-12-14-40(17-31(28)48-34)22(4)46-18-41/h5-10,18,21-22H,11-17H2,1-4H3,(H,36,43)(H,44,45). The third-order valence-corrected chi connectivity index (χ3v) is 11.5. The zero-order valence-electron chi connectivity index (χ0n) is 27.2. The first-order chi connectivity index (χ1) is 23.0. The molecule has 2 aromatic heterocycles. The number of nitrogens with one attached hydrogen (secondary N) is 1. The number of hydrogen-bond acceptors (Lipinski definition) is 11. The number of carbonyl (C=O) groups excluding carboxylic acids is 3. The van der Waals surface area contributed by atoms with Gasteiger partial charge >= 0.3 is 5.97 Å². The van der Waals surface area contributed by atoms with Gasteiger partial charge < -0.3 is 15.2 Å². The van der Waals surface area contributed by atoms with E-state index in [0.29, 0.717) is 61.2 Å². The molecule has 0 spiro atoms. The number of aliphatic carboxylic acids is 1. The highest BCUT2D eigenvalue weighted by atomic mass is 32.1. The van der Waals surface area contributed by atoms with Crippen LogP contribution in [0, 0.1) is 13.8 Å². The van der Waals surface area contributed by atoms with E-state index in [4.69, 9.17) is 4.74 Å². The molecule has 2 unspecified atom stereocenters. The molecule has 4 heterocycles. The van der Waals surface area contributed by atoms with E-state index in [0.717, 1.165) is 49.0 Å². The second-order valence-electron chi connectivity index (χ2n) is 12.2. The molecule has 0 saturated heterocycles. The van der Waals surface area contributed by atoms with Crippen LogP contribution in [0.4, 0.5) is 5.69 Å². The first-order valence-electron chi connectivity index (χ1n) is 15.8. The molecule has 2 N–H and O–H groups in total. The van der Waals surface area contributed by atoms with Gasteiger partial charge in [0, 0.05) is 60.9 Å². The van der Waals surface area contributed by atoms with Crippen LogP contribution in [0.5, 0.6) is 0 Å². The van der Waals surface area contributed by atoms with Crippen LogP contribution < -0.4 is 5.32 Å². The van der Waals surface area contributed by atoms with Crippen LogP contribution in [0.3, 0.4) is 0 Å². The van der Waals surface area contributed by atoms with E-state index in [-0.39, 0.29) is 24.3 Å². The number of nitrogens with zero attached hydrogens (tertiary/aromatic N) is 4. The molecule has 2 aromatic carbocycles. The van der Waals surface area contributed by atoms with E-state index in [1.165, 1.54) is 22.7 Å². The molecule has 48 heavy (non-hydrogen) atoms. The molecule has 2 atom stereocenters. The highest BCUT2D eigenvalue weighted by Crippen LogP contribution is 2.34. The van der Waals surface area contributed by atoms with Gasteiger partial charge in [0.05, 0.1) is 11.4 Å². The number of thiazole rings is 2. The summed E-state index contributed by atoms with van der Waals surface area (Å²) in [4.78, 5) is 64.2. The molecule has 2 aliphatic heterocycles. The highest BCUT2D eigenvalue weighted by molar-refractivity contribution is 7.14. The lowest BCUT2D eigenvalue weighted by Crippen LogP contribution is -2.41. The van der Waals surface area contributed by atoms with Crippen LogP contribution in [-0.4, -0.2) is 74.4 Å². The third-order valence-electron chi connectivity index (χ3n) is 9.30. The van der Waals surface area contributed by atoms with Crippen molar-refractivity contribution >= 4 is 52.5 Å². The van der Waals surface area contributed by atoms with Gasteiger partial charge in [-0.2, -0.15) is 0 Å². The number of ether oxygens (including phenoxy) is 1. The fourth-order valence-electron chi connectivity index (χ4n) is 6.26. The van der Waals surface area contributed by atoms with Crippen LogP contribution in [0.25, 0.3) is 11.1 Å². The summed E-state index contributed by atoms with van der Waals surface area (Å²) in [5.74, 6) is -1.20. The van der Waals surface area contributed by atoms with Gasteiger partial charge in [-0.1, -0.05) is 30.3 Å². The molecule has 0 radical (unpaired) electrons. The highest BCUT2D eigenvalue weighted by Gasteiger charge is 2.29. The fraction of sp³-hybridized carbons (Fsp3) is 0.371. The molecule has 1 amide bonds. The largest absolute Gasteiger partial charge is 0.480 e. The molecule has 0 saturated carbocycles. The summed E-state index contributed by atoms with van der Waals surface area (Å²) in [5.41, 5.74) is 7.17. The number of aromatic nitrogens is 2. The Bertz CT molecular complexity index is 1900. The average molecular weight is 688 g/mol. The Kier molecular flexibility index (Phi) is 9.83. The van der Waals surface area contributed by atoms with Crippen LogP contribution in [0.2, 0.25) is 0 Å². The second-order valence-corrected chi connectivity index (χ2v) is 14.4. The van der Waals surface area contributed by atoms with Crippen LogP contribution in [-0.2, 0) is 46.7 Å². The normalized spacial score (nSPS) is 16.0. The minimum Gasteiger partial charge on any atom is -0.480 e. The smallest absolute Gasteiger partial charge is 0.320 e. The van der Waals surface area contributed by atoms with Gasteiger partial charge in [0.25, 0.3) is 12.4 Å². The lowest BCUT2D eigenvalue weighted by Gasteiger charge is -2.29. The molecule has 2 aliphatic rings. The van der Waals surface area contributed by atoms with Gasteiger partial charge in [-0.3, -0.25) is 29.0 Å². The third kappa shape index (κ3) is 6.81. The van der Waals surface area contributed by atoms with Crippen molar-refractivity contribution < 1.29 is 29.0 Å². The quantitative estimate of drug-likeness (QED) is 0.158. The number of benzene rings is 2. The molecule has 6 rings (SSSR count). The van der Waals surface area contributed by atoms with E-state index in [9.17, 15) is 24.3 Å². The van der Waals surface area contributed by atoms with Gasteiger partial charge in [-0.25, -0.2) is 9.97 Å².